The molecule has 0 aliphatic heterocycles. The van der Waals surface area contributed by atoms with Crippen molar-refractivity contribution in [3.05, 3.63) is 47.5 Å². The van der Waals surface area contributed by atoms with Crippen LogP contribution in [0.15, 0.2) is 36.9 Å². The normalized spacial score (nSPS) is 15.7. The molecule has 0 bridgehead atoms. The van der Waals surface area contributed by atoms with Crippen molar-refractivity contribution in [2.24, 2.45) is 0 Å². The van der Waals surface area contributed by atoms with E-state index in [0.29, 0.717) is 22.7 Å². The second-order valence-electron chi connectivity index (χ2n) is 8.62. The summed E-state index contributed by atoms with van der Waals surface area (Å²) in [6, 6.07) is 6.73. The van der Waals surface area contributed by atoms with Crippen molar-refractivity contribution in [1.29, 1.82) is 0 Å². The number of hydrogen-bond acceptors (Lipinski definition) is 7. The van der Waals surface area contributed by atoms with Crippen LogP contribution in [0.1, 0.15) is 39.3 Å². The quantitative estimate of drug-likeness (QED) is 0.282. The third-order valence-electron chi connectivity index (χ3n) is 5.19. The number of nitrogens with one attached hydrogen (secondary N) is 2. The van der Waals surface area contributed by atoms with Gasteiger partial charge in [-0.1, -0.05) is 23.7 Å². The van der Waals surface area contributed by atoms with Crippen LogP contribution in [0.3, 0.4) is 0 Å². The maximum absolute atomic E-state index is 13.9. The first kappa shape index (κ1) is 26.1. The van der Waals surface area contributed by atoms with Gasteiger partial charge in [-0.25, -0.2) is 25.1 Å². The number of rotatable bonds is 11. The molecule has 0 spiro atoms. The van der Waals surface area contributed by atoms with Crippen LogP contribution in [0.4, 0.5) is 5.82 Å². The number of aliphatic carboxylic acids is 1. The van der Waals surface area contributed by atoms with E-state index in [9.17, 15) is 14.5 Å². The lowest BCUT2D eigenvalue weighted by molar-refractivity contribution is -0.142. The molecule has 3 atom stereocenters. The lowest BCUT2D eigenvalue weighted by atomic mass is 10.1. The third kappa shape index (κ3) is 6.31. The highest BCUT2D eigenvalue weighted by molar-refractivity contribution is 7.59. The predicted octanol–water partition coefficient (Wildman–Crippen LogP) is 3.42. The Balaban J connectivity index is 1.74. The molecule has 5 N–H and O–H groups in total. The zero-order valence-corrected chi connectivity index (χ0v) is 21.0. The number of carbonyl (C=O) groups is 1. The Kier molecular flexibility index (Phi) is 7.95. The molecule has 0 radical (unpaired) electrons. The topological polar surface area (TPSA) is 157 Å². The molecule has 1 unspecified atom stereocenters. The number of hydrogen-bond donors (Lipinski definition) is 4. The van der Waals surface area contributed by atoms with Crippen molar-refractivity contribution >= 4 is 42.0 Å². The van der Waals surface area contributed by atoms with Crippen LogP contribution in [-0.2, 0) is 20.6 Å². The second kappa shape index (κ2) is 10.4. The monoisotopic (exact) mass is 509 g/mol. The first-order valence-corrected chi connectivity index (χ1v) is 12.9. The fraction of sp³-hybridized carbons (Fsp3) is 0.429. The summed E-state index contributed by atoms with van der Waals surface area (Å²) < 4.78 is 21.5. The Morgan fingerprint density at radius 2 is 1.94 bits per heavy atom. The molecule has 0 fully saturated rings. The largest absolute Gasteiger partial charge is 0.480 e. The minimum absolute atomic E-state index is 0.243. The van der Waals surface area contributed by atoms with E-state index in [4.69, 9.17) is 22.1 Å². The van der Waals surface area contributed by atoms with E-state index in [1.807, 2.05) is 26.0 Å². The van der Waals surface area contributed by atoms with E-state index in [1.165, 1.54) is 20.2 Å². The van der Waals surface area contributed by atoms with E-state index in [-0.39, 0.29) is 18.2 Å². The Labute approximate surface area is 202 Å². The minimum atomic E-state index is -3.53. The van der Waals surface area contributed by atoms with Crippen LogP contribution in [0.25, 0.3) is 11.2 Å². The molecule has 2 aromatic heterocycles. The Bertz CT molecular complexity index is 1200. The van der Waals surface area contributed by atoms with Crippen molar-refractivity contribution < 1.29 is 19.2 Å². The molecule has 11 nitrogen and oxygen atoms in total. The van der Waals surface area contributed by atoms with Crippen LogP contribution in [0.5, 0.6) is 0 Å². The predicted molar refractivity (Wildman–Crippen MR) is 131 cm³/mol. The molecule has 34 heavy (non-hydrogen) atoms. The van der Waals surface area contributed by atoms with Crippen LogP contribution < -0.4 is 15.9 Å². The van der Waals surface area contributed by atoms with Crippen molar-refractivity contribution in [3.63, 3.8) is 0 Å². The fourth-order valence-corrected chi connectivity index (χ4v) is 5.90. The number of halogens is 1. The minimum Gasteiger partial charge on any atom is -0.480 e. The van der Waals surface area contributed by atoms with Crippen molar-refractivity contribution in [3.8, 4) is 0 Å². The average molecular weight is 510 g/mol. The van der Waals surface area contributed by atoms with Gasteiger partial charge in [0.05, 0.1) is 19.0 Å². The molecule has 0 aliphatic carbocycles. The highest BCUT2D eigenvalue weighted by Crippen LogP contribution is 2.42. The number of aromatic nitrogens is 4. The maximum atomic E-state index is 13.9. The summed E-state index contributed by atoms with van der Waals surface area (Å²) >= 11 is 5.97. The van der Waals surface area contributed by atoms with E-state index in [0.717, 1.165) is 5.56 Å². The number of carboxylic acids is 1. The van der Waals surface area contributed by atoms with E-state index >= 15 is 0 Å². The van der Waals surface area contributed by atoms with Gasteiger partial charge in [0.1, 0.15) is 23.7 Å². The van der Waals surface area contributed by atoms with Crippen LogP contribution in [-0.4, -0.2) is 48.6 Å². The molecule has 0 amide bonds. The summed E-state index contributed by atoms with van der Waals surface area (Å²) in [5, 5.41) is 16.0. The van der Waals surface area contributed by atoms with Gasteiger partial charge < -0.3 is 20.1 Å². The molecule has 13 heteroatoms. The van der Waals surface area contributed by atoms with Gasteiger partial charge in [0, 0.05) is 11.1 Å². The lowest BCUT2D eigenvalue weighted by Crippen LogP contribution is -2.47. The smallest absolute Gasteiger partial charge is 0.323 e. The number of nitrogens with zero attached hydrogens (tertiary/aromatic N) is 4. The second-order valence-corrected chi connectivity index (χ2v) is 11.3. The fourth-order valence-electron chi connectivity index (χ4n) is 3.33. The van der Waals surface area contributed by atoms with E-state index in [1.54, 1.807) is 23.0 Å². The third-order valence-corrected chi connectivity index (χ3v) is 7.68. The van der Waals surface area contributed by atoms with Crippen molar-refractivity contribution in [2.45, 2.75) is 51.9 Å². The van der Waals surface area contributed by atoms with Gasteiger partial charge in [-0.05, 0) is 45.4 Å². The number of carboxylic acid groups (broad SMARTS) is 1. The zero-order valence-electron chi connectivity index (χ0n) is 19.4. The first-order chi connectivity index (χ1) is 15.9. The molecular formula is C21H29ClN7O4P. The average Bonchev–Trinajstić information content (AvgIpc) is 3.16. The summed E-state index contributed by atoms with van der Waals surface area (Å²) in [4.78, 5) is 24.1. The molecule has 0 saturated heterocycles. The Hall–Kier alpha value is -2.56. The zero-order chi connectivity index (χ0) is 25.1. The number of anilines is 1. The highest BCUT2D eigenvalue weighted by atomic mass is 35.5. The van der Waals surface area contributed by atoms with Gasteiger partial charge in [0.25, 0.3) is 0 Å². The first-order valence-electron chi connectivity index (χ1n) is 10.6. The van der Waals surface area contributed by atoms with Crippen LogP contribution in [0, 0.1) is 0 Å². The molecule has 1 aromatic carbocycles. The molecule has 0 saturated carbocycles. The van der Waals surface area contributed by atoms with Gasteiger partial charge in [-0.3, -0.25) is 9.36 Å². The number of nitrogen functional groups attached to an aromatic ring is 1. The van der Waals surface area contributed by atoms with Crippen molar-refractivity contribution in [1.82, 2.24) is 29.7 Å². The molecule has 3 rings (SSSR count). The summed E-state index contributed by atoms with van der Waals surface area (Å²) in [7, 11) is -3.53. The summed E-state index contributed by atoms with van der Waals surface area (Å²) in [6.07, 6.45) is 2.30. The van der Waals surface area contributed by atoms with E-state index in [2.05, 4.69) is 25.1 Å². The van der Waals surface area contributed by atoms with Crippen molar-refractivity contribution in [2.75, 3.05) is 12.1 Å². The summed E-state index contributed by atoms with van der Waals surface area (Å²) in [6.45, 7) is 6.90. The van der Waals surface area contributed by atoms with Gasteiger partial charge in [-0.2, -0.15) is 0 Å². The van der Waals surface area contributed by atoms with Crippen LogP contribution in [0.2, 0.25) is 5.02 Å². The summed E-state index contributed by atoms with van der Waals surface area (Å²) in [5.41, 5.74) is 6.27. The number of nitrogens with two attached hydrogens (primary N) is 1. The molecule has 2 heterocycles. The van der Waals surface area contributed by atoms with Gasteiger partial charge in [0.15, 0.2) is 11.5 Å². The molecular weight excluding hydrogens is 481 g/mol. The van der Waals surface area contributed by atoms with Gasteiger partial charge >= 0.3 is 5.97 Å². The number of benzene rings is 1. The Morgan fingerprint density at radius 1 is 1.26 bits per heavy atom. The number of imidazole rings is 1. The van der Waals surface area contributed by atoms with E-state index < -0.39 is 25.1 Å². The van der Waals surface area contributed by atoms with Crippen LogP contribution >= 0.6 is 19.0 Å². The SMILES string of the molecule is C[C@@H](Cn1cnc2c(N)ncnc21)OCP(=O)(N[C@H](C)c1ccc(Cl)cc1)NC(C)(C)C(=O)O. The molecule has 3 aromatic rings. The highest BCUT2D eigenvalue weighted by Gasteiger charge is 2.37. The maximum Gasteiger partial charge on any atom is 0.323 e. The molecule has 184 valence electrons. The summed E-state index contributed by atoms with van der Waals surface area (Å²) in [5.74, 6) is -0.855. The number of ether oxygens (including phenoxy) is 1. The molecule has 0 aliphatic rings. The van der Waals surface area contributed by atoms with Gasteiger partial charge in [0.2, 0.25) is 7.44 Å². The lowest BCUT2D eigenvalue weighted by Gasteiger charge is -2.32. The number of fused-ring (bicyclic) bond motifs is 1. The standard InChI is InChI=1S/C21H29ClN7O4P/c1-13(9-29-11-26-17-18(23)24-10-25-19(17)29)33-12-34(32,28-21(3,4)20(30)31)27-14(2)15-5-7-16(22)8-6-15/h5-8,10-11,13-14H,9,12H2,1-4H3,(H,30,31)(H2,23,24,25)(H2,27,28,32)/t13-,14+,34?/m0/s1. The van der Waals surface area contributed by atoms with Gasteiger partial charge in [-0.15, -0.1) is 0 Å². The Morgan fingerprint density at radius 3 is 2.59 bits per heavy atom.